The summed E-state index contributed by atoms with van der Waals surface area (Å²) in [7, 11) is 0. The van der Waals surface area contributed by atoms with Gasteiger partial charge in [0.05, 0.1) is 6.10 Å². The minimum absolute atomic E-state index is 0.155. The number of ether oxygens (including phenoxy) is 1. The van der Waals surface area contributed by atoms with Crippen molar-refractivity contribution in [2.45, 2.75) is 51.7 Å². The molecule has 1 aromatic heterocycles. The first-order chi connectivity index (χ1) is 8.56. The van der Waals surface area contributed by atoms with Crippen LogP contribution < -0.4 is 5.32 Å². The molecule has 0 spiro atoms. The quantitative estimate of drug-likeness (QED) is 0.847. The molecule has 0 aromatic carbocycles. The zero-order chi connectivity index (χ0) is 13.1. The molecule has 1 amide bonds. The molecule has 0 aliphatic carbocycles. The lowest BCUT2D eigenvalue weighted by atomic mass is 10.0. The van der Waals surface area contributed by atoms with E-state index in [0.29, 0.717) is 6.61 Å². The molecule has 1 aromatic rings. The molecule has 1 saturated heterocycles. The van der Waals surface area contributed by atoms with Crippen molar-refractivity contribution in [2.75, 3.05) is 6.61 Å². The molecule has 0 bridgehead atoms. The van der Waals surface area contributed by atoms with Gasteiger partial charge in [0, 0.05) is 18.6 Å². The Morgan fingerprint density at radius 3 is 2.94 bits per heavy atom. The van der Waals surface area contributed by atoms with Gasteiger partial charge in [-0.05, 0) is 19.8 Å². The molecular formula is C12H20N4O2. The number of hydrogen-bond acceptors (Lipinski definition) is 4. The average Bonchev–Trinajstić information content (AvgIpc) is 2.78. The summed E-state index contributed by atoms with van der Waals surface area (Å²) in [5, 5.41) is 9.68. The van der Waals surface area contributed by atoms with Crippen LogP contribution in [0.2, 0.25) is 0 Å². The molecule has 18 heavy (non-hydrogen) atoms. The number of amides is 1. The average molecular weight is 252 g/mol. The molecule has 1 aliphatic rings. The van der Waals surface area contributed by atoms with E-state index in [1.54, 1.807) is 0 Å². The van der Waals surface area contributed by atoms with E-state index in [4.69, 9.17) is 4.74 Å². The van der Waals surface area contributed by atoms with Gasteiger partial charge >= 0.3 is 0 Å². The van der Waals surface area contributed by atoms with E-state index < -0.39 is 0 Å². The standard InChI is InChI=1S/C12H20N4O2/c1-7(2)10-14-11(16-15-10)12(17)13-9-4-5-18-8(3)6-9/h7-9H,4-6H2,1-3H3,(H,13,17)(H,14,15,16). The first-order valence-electron chi connectivity index (χ1n) is 6.41. The van der Waals surface area contributed by atoms with Gasteiger partial charge in [-0.3, -0.25) is 9.89 Å². The summed E-state index contributed by atoms with van der Waals surface area (Å²) in [6.45, 7) is 6.71. The Labute approximate surface area is 107 Å². The first kappa shape index (κ1) is 13.0. The number of aromatic nitrogens is 3. The van der Waals surface area contributed by atoms with E-state index >= 15 is 0 Å². The molecule has 2 N–H and O–H groups in total. The fourth-order valence-corrected chi connectivity index (χ4v) is 2.01. The fraction of sp³-hybridized carbons (Fsp3) is 0.750. The highest BCUT2D eigenvalue weighted by Crippen LogP contribution is 2.14. The van der Waals surface area contributed by atoms with Gasteiger partial charge in [0.25, 0.3) is 5.91 Å². The van der Waals surface area contributed by atoms with E-state index in [9.17, 15) is 4.79 Å². The monoisotopic (exact) mass is 252 g/mol. The van der Waals surface area contributed by atoms with Crippen molar-refractivity contribution in [3.63, 3.8) is 0 Å². The summed E-state index contributed by atoms with van der Waals surface area (Å²) >= 11 is 0. The number of carbonyl (C=O) groups is 1. The highest BCUT2D eigenvalue weighted by Gasteiger charge is 2.23. The molecule has 0 radical (unpaired) electrons. The molecule has 100 valence electrons. The third-order valence-electron chi connectivity index (χ3n) is 3.07. The largest absolute Gasteiger partial charge is 0.378 e. The second-order valence-corrected chi connectivity index (χ2v) is 5.08. The van der Waals surface area contributed by atoms with Crippen LogP contribution in [-0.4, -0.2) is 39.8 Å². The highest BCUT2D eigenvalue weighted by molar-refractivity contribution is 5.90. The van der Waals surface area contributed by atoms with Crippen molar-refractivity contribution < 1.29 is 9.53 Å². The third kappa shape index (κ3) is 3.07. The Hall–Kier alpha value is -1.43. The van der Waals surface area contributed by atoms with Gasteiger partial charge in [-0.1, -0.05) is 13.8 Å². The molecule has 2 rings (SSSR count). The van der Waals surface area contributed by atoms with Crippen LogP contribution in [-0.2, 0) is 4.74 Å². The smallest absolute Gasteiger partial charge is 0.291 e. The molecule has 2 heterocycles. The maximum atomic E-state index is 12.0. The van der Waals surface area contributed by atoms with E-state index in [0.717, 1.165) is 18.7 Å². The predicted molar refractivity (Wildman–Crippen MR) is 66.4 cm³/mol. The zero-order valence-electron chi connectivity index (χ0n) is 11.1. The number of aromatic amines is 1. The molecule has 6 heteroatoms. The molecule has 2 unspecified atom stereocenters. The minimum Gasteiger partial charge on any atom is -0.378 e. The van der Waals surface area contributed by atoms with Gasteiger partial charge in [0.15, 0.2) is 0 Å². The maximum Gasteiger partial charge on any atom is 0.291 e. The lowest BCUT2D eigenvalue weighted by Gasteiger charge is -2.27. The number of nitrogens with one attached hydrogen (secondary N) is 2. The number of nitrogens with zero attached hydrogens (tertiary/aromatic N) is 2. The molecule has 2 atom stereocenters. The minimum atomic E-state index is -0.211. The molecule has 6 nitrogen and oxygen atoms in total. The van der Waals surface area contributed by atoms with Gasteiger partial charge in [0.2, 0.25) is 5.82 Å². The van der Waals surface area contributed by atoms with E-state index in [2.05, 4.69) is 20.5 Å². The molecule has 1 fully saturated rings. The van der Waals surface area contributed by atoms with E-state index in [-0.39, 0.29) is 29.8 Å². The van der Waals surface area contributed by atoms with Crippen molar-refractivity contribution >= 4 is 5.91 Å². The summed E-state index contributed by atoms with van der Waals surface area (Å²) in [4.78, 5) is 16.1. The van der Waals surface area contributed by atoms with Gasteiger partial charge in [-0.25, -0.2) is 4.98 Å². The van der Waals surface area contributed by atoms with Crippen LogP contribution in [0.25, 0.3) is 0 Å². The topological polar surface area (TPSA) is 79.9 Å². The maximum absolute atomic E-state index is 12.0. The molecule has 1 aliphatic heterocycles. The molecule has 0 saturated carbocycles. The van der Waals surface area contributed by atoms with Gasteiger partial charge in [-0.15, -0.1) is 5.10 Å². The lowest BCUT2D eigenvalue weighted by molar-refractivity contribution is 0.0135. The molecular weight excluding hydrogens is 232 g/mol. The Balaban J connectivity index is 1.94. The Kier molecular flexibility index (Phi) is 3.96. The van der Waals surface area contributed by atoms with Crippen molar-refractivity contribution in [1.29, 1.82) is 0 Å². The number of hydrogen-bond donors (Lipinski definition) is 2. The van der Waals surface area contributed by atoms with Crippen molar-refractivity contribution in [3.8, 4) is 0 Å². The van der Waals surface area contributed by atoms with Crippen molar-refractivity contribution in [1.82, 2.24) is 20.5 Å². The van der Waals surface area contributed by atoms with Crippen LogP contribution in [0.3, 0.4) is 0 Å². The van der Waals surface area contributed by atoms with Crippen LogP contribution in [0, 0.1) is 0 Å². The zero-order valence-corrected chi connectivity index (χ0v) is 11.1. The van der Waals surface area contributed by atoms with E-state index in [1.165, 1.54) is 0 Å². The van der Waals surface area contributed by atoms with E-state index in [1.807, 2.05) is 20.8 Å². The van der Waals surface area contributed by atoms with Gasteiger partial charge < -0.3 is 10.1 Å². The summed E-state index contributed by atoms with van der Waals surface area (Å²) in [6.07, 6.45) is 1.88. The Morgan fingerprint density at radius 2 is 2.33 bits per heavy atom. The van der Waals surface area contributed by atoms with Crippen LogP contribution >= 0.6 is 0 Å². The van der Waals surface area contributed by atoms with Crippen LogP contribution in [0.5, 0.6) is 0 Å². The third-order valence-corrected chi connectivity index (χ3v) is 3.07. The first-order valence-corrected chi connectivity index (χ1v) is 6.41. The second-order valence-electron chi connectivity index (χ2n) is 5.08. The van der Waals surface area contributed by atoms with Gasteiger partial charge in [-0.2, -0.15) is 0 Å². The number of H-pyrrole nitrogens is 1. The summed E-state index contributed by atoms with van der Waals surface area (Å²) in [5.41, 5.74) is 0. The van der Waals surface area contributed by atoms with Crippen LogP contribution in [0.15, 0.2) is 0 Å². The summed E-state index contributed by atoms with van der Waals surface area (Å²) < 4.78 is 5.44. The van der Waals surface area contributed by atoms with Crippen LogP contribution in [0.1, 0.15) is 56.0 Å². The summed E-state index contributed by atoms with van der Waals surface area (Å²) in [5.74, 6) is 0.984. The number of carbonyl (C=O) groups excluding carboxylic acids is 1. The van der Waals surface area contributed by atoms with Crippen molar-refractivity contribution in [3.05, 3.63) is 11.6 Å². The van der Waals surface area contributed by atoms with Gasteiger partial charge in [0.1, 0.15) is 5.82 Å². The second kappa shape index (κ2) is 5.48. The SMILES string of the molecule is CC1CC(NC(=O)c2n[nH]c(C(C)C)n2)CCO1. The summed E-state index contributed by atoms with van der Waals surface area (Å²) in [6, 6.07) is 0.155. The predicted octanol–water partition coefficient (Wildman–Crippen LogP) is 1.23. The number of rotatable bonds is 3. The Bertz CT molecular complexity index is 416. The fourth-order valence-electron chi connectivity index (χ4n) is 2.01. The van der Waals surface area contributed by atoms with Crippen molar-refractivity contribution in [2.24, 2.45) is 0 Å². The highest BCUT2D eigenvalue weighted by atomic mass is 16.5. The normalized spacial score (nSPS) is 24.2. The van der Waals surface area contributed by atoms with Crippen LogP contribution in [0.4, 0.5) is 0 Å². The Morgan fingerprint density at radius 1 is 1.56 bits per heavy atom. The lowest BCUT2D eigenvalue weighted by Crippen LogP contribution is -2.41.